The maximum Gasteiger partial charge on any atom is 0.254 e. The van der Waals surface area contributed by atoms with Gasteiger partial charge in [-0.3, -0.25) is 9.89 Å². The molecule has 1 aromatic heterocycles. The molecule has 0 radical (unpaired) electrons. The van der Waals surface area contributed by atoms with Crippen LogP contribution in [0, 0.1) is 0 Å². The van der Waals surface area contributed by atoms with Crippen LogP contribution in [0.5, 0.6) is 0 Å². The lowest BCUT2D eigenvalue weighted by atomic mass is 10.00. The van der Waals surface area contributed by atoms with Gasteiger partial charge in [-0.15, -0.1) is 0 Å². The first-order valence-electron chi connectivity index (χ1n) is 8.00. The zero-order valence-electron chi connectivity index (χ0n) is 13.9. The second-order valence-electron chi connectivity index (χ2n) is 5.95. The van der Waals surface area contributed by atoms with Gasteiger partial charge in [0.25, 0.3) is 5.91 Å². The summed E-state index contributed by atoms with van der Waals surface area (Å²) in [5.41, 5.74) is 1.55. The molecular weight excluding hydrogens is 308 g/mol. The molecule has 1 aromatic carbocycles. The Hall–Kier alpha value is -2.25. The summed E-state index contributed by atoms with van der Waals surface area (Å²) in [5.74, 6) is 0.921. The minimum Gasteiger partial charge on any atom is -0.380 e. The lowest BCUT2D eigenvalue weighted by Crippen LogP contribution is -2.36. The van der Waals surface area contributed by atoms with E-state index >= 15 is 0 Å². The van der Waals surface area contributed by atoms with Crippen molar-refractivity contribution in [2.24, 2.45) is 0 Å². The maximum absolute atomic E-state index is 12.8. The molecule has 7 nitrogen and oxygen atoms in total. The van der Waals surface area contributed by atoms with Crippen LogP contribution in [0.1, 0.15) is 34.1 Å². The molecule has 1 fully saturated rings. The predicted molar refractivity (Wildman–Crippen MR) is 87.6 cm³/mol. The smallest absolute Gasteiger partial charge is 0.254 e. The number of likely N-dealkylation sites (N-methyl/N-ethyl adjacent to an activating group) is 1. The topological polar surface area (TPSA) is 80.3 Å². The summed E-state index contributed by atoms with van der Waals surface area (Å²) in [6.45, 7) is 1.58. The second-order valence-corrected chi connectivity index (χ2v) is 5.95. The summed E-state index contributed by atoms with van der Waals surface area (Å²) in [7, 11) is 3.42. The Balaban J connectivity index is 1.70. The van der Waals surface area contributed by atoms with E-state index in [0.29, 0.717) is 25.3 Å². The average molecular weight is 330 g/mol. The van der Waals surface area contributed by atoms with Gasteiger partial charge in [-0.1, -0.05) is 18.2 Å². The second kappa shape index (κ2) is 7.55. The largest absolute Gasteiger partial charge is 0.380 e. The fourth-order valence-electron chi connectivity index (χ4n) is 3.10. The highest BCUT2D eigenvalue weighted by atomic mass is 16.5. The van der Waals surface area contributed by atoms with Crippen LogP contribution in [0.4, 0.5) is 0 Å². The van der Waals surface area contributed by atoms with E-state index in [0.717, 1.165) is 17.8 Å². The molecule has 0 unspecified atom stereocenters. The third-order valence-corrected chi connectivity index (χ3v) is 4.34. The lowest BCUT2D eigenvalue weighted by molar-refractivity contribution is 0.0547. The molecule has 1 saturated heterocycles. The SMILES string of the molecule is COCc1ccccc1C(=O)N(C)C[C@H]1OCC[C@H]1c1ncn[nH]1. The number of benzene rings is 1. The summed E-state index contributed by atoms with van der Waals surface area (Å²) < 4.78 is 11.0. The van der Waals surface area contributed by atoms with Crippen molar-refractivity contribution in [3.8, 4) is 0 Å². The lowest BCUT2D eigenvalue weighted by Gasteiger charge is -2.24. The van der Waals surface area contributed by atoms with Gasteiger partial charge in [-0.05, 0) is 18.1 Å². The van der Waals surface area contributed by atoms with E-state index in [2.05, 4.69) is 15.2 Å². The minimum absolute atomic E-state index is 0.0329. The maximum atomic E-state index is 12.8. The van der Waals surface area contributed by atoms with E-state index in [1.165, 1.54) is 6.33 Å². The molecule has 1 aliphatic rings. The Morgan fingerprint density at radius 3 is 3.04 bits per heavy atom. The van der Waals surface area contributed by atoms with Crippen molar-refractivity contribution in [3.05, 3.63) is 47.5 Å². The fraction of sp³-hybridized carbons (Fsp3) is 0.471. The number of H-pyrrole nitrogens is 1. The molecular formula is C17H22N4O3. The molecule has 0 saturated carbocycles. The Morgan fingerprint density at radius 1 is 1.46 bits per heavy atom. The molecule has 1 aliphatic heterocycles. The first kappa shape index (κ1) is 16.6. The van der Waals surface area contributed by atoms with Gasteiger partial charge in [0, 0.05) is 38.8 Å². The standard InChI is InChI=1S/C17H22N4O3/c1-21(17(22)13-6-4-3-5-12(13)10-23-2)9-15-14(7-8-24-15)16-18-11-19-20-16/h3-6,11,14-15H,7-10H2,1-2H3,(H,18,19,20)/t14-,15-/m1/s1. The van der Waals surface area contributed by atoms with Crippen molar-refractivity contribution < 1.29 is 14.3 Å². The Kier molecular flexibility index (Phi) is 5.22. The van der Waals surface area contributed by atoms with E-state index in [1.54, 1.807) is 19.1 Å². The predicted octanol–water partition coefficient (Wildman–Crippen LogP) is 1.60. The van der Waals surface area contributed by atoms with E-state index in [9.17, 15) is 4.79 Å². The van der Waals surface area contributed by atoms with Gasteiger partial charge in [0.15, 0.2) is 0 Å². The number of ether oxygens (including phenoxy) is 2. The summed E-state index contributed by atoms with van der Waals surface area (Å²) in [6, 6.07) is 7.51. The van der Waals surface area contributed by atoms with E-state index in [1.807, 2.05) is 24.3 Å². The quantitative estimate of drug-likeness (QED) is 0.870. The molecule has 2 atom stereocenters. The molecule has 0 spiro atoms. The van der Waals surface area contributed by atoms with Gasteiger partial charge < -0.3 is 14.4 Å². The number of hydrogen-bond acceptors (Lipinski definition) is 5. The third kappa shape index (κ3) is 3.47. The average Bonchev–Trinajstić information content (AvgIpc) is 3.26. The van der Waals surface area contributed by atoms with Crippen molar-refractivity contribution in [1.29, 1.82) is 0 Å². The van der Waals surface area contributed by atoms with Gasteiger partial charge >= 0.3 is 0 Å². The first-order chi connectivity index (χ1) is 11.7. The van der Waals surface area contributed by atoms with Crippen LogP contribution in [0.15, 0.2) is 30.6 Å². The highest BCUT2D eigenvalue weighted by Gasteiger charge is 2.33. The van der Waals surface area contributed by atoms with Crippen molar-refractivity contribution in [2.75, 3.05) is 27.3 Å². The number of aromatic nitrogens is 3. The third-order valence-electron chi connectivity index (χ3n) is 4.34. The molecule has 1 N–H and O–H groups in total. The van der Waals surface area contributed by atoms with Gasteiger partial charge in [-0.25, -0.2) is 4.98 Å². The van der Waals surface area contributed by atoms with E-state index in [4.69, 9.17) is 9.47 Å². The number of carbonyl (C=O) groups is 1. The summed E-state index contributed by atoms with van der Waals surface area (Å²) in [6.07, 6.45) is 2.30. The van der Waals surface area contributed by atoms with Crippen LogP contribution < -0.4 is 0 Å². The molecule has 128 valence electrons. The van der Waals surface area contributed by atoms with Gasteiger partial charge in [0.1, 0.15) is 12.2 Å². The molecule has 0 aliphatic carbocycles. The molecule has 0 bridgehead atoms. The molecule has 1 amide bonds. The first-order valence-corrected chi connectivity index (χ1v) is 8.00. The van der Waals surface area contributed by atoms with E-state index < -0.39 is 0 Å². The monoisotopic (exact) mass is 330 g/mol. The number of aromatic amines is 1. The molecule has 3 rings (SSSR count). The zero-order chi connectivity index (χ0) is 16.9. The highest BCUT2D eigenvalue weighted by molar-refractivity contribution is 5.95. The molecule has 2 heterocycles. The van der Waals surface area contributed by atoms with E-state index in [-0.39, 0.29) is 17.9 Å². The minimum atomic E-state index is -0.0820. The highest BCUT2D eigenvalue weighted by Crippen LogP contribution is 2.29. The summed E-state index contributed by atoms with van der Waals surface area (Å²) in [5, 5.41) is 6.82. The van der Waals surface area contributed by atoms with Crippen LogP contribution in [-0.2, 0) is 16.1 Å². The summed E-state index contributed by atoms with van der Waals surface area (Å²) in [4.78, 5) is 18.7. The molecule has 2 aromatic rings. The number of nitrogens with zero attached hydrogens (tertiary/aromatic N) is 3. The van der Waals surface area contributed by atoms with Crippen molar-refractivity contribution in [3.63, 3.8) is 0 Å². The van der Waals surface area contributed by atoms with Crippen LogP contribution in [0.25, 0.3) is 0 Å². The number of nitrogens with one attached hydrogen (secondary N) is 1. The molecule has 24 heavy (non-hydrogen) atoms. The number of carbonyl (C=O) groups excluding carboxylic acids is 1. The number of hydrogen-bond donors (Lipinski definition) is 1. The number of methoxy groups -OCH3 is 1. The van der Waals surface area contributed by atoms with Crippen molar-refractivity contribution in [2.45, 2.75) is 25.0 Å². The van der Waals surface area contributed by atoms with Crippen molar-refractivity contribution in [1.82, 2.24) is 20.1 Å². The van der Waals surface area contributed by atoms with Gasteiger partial charge in [0.2, 0.25) is 0 Å². The van der Waals surface area contributed by atoms with Crippen LogP contribution in [-0.4, -0.2) is 59.4 Å². The van der Waals surface area contributed by atoms with Gasteiger partial charge in [0.05, 0.1) is 12.7 Å². The van der Waals surface area contributed by atoms with Crippen LogP contribution in [0.3, 0.4) is 0 Å². The Labute approximate surface area is 141 Å². The van der Waals surface area contributed by atoms with Crippen LogP contribution in [0.2, 0.25) is 0 Å². The zero-order valence-corrected chi connectivity index (χ0v) is 13.9. The Bertz CT molecular complexity index is 674. The molecule has 7 heteroatoms. The fourth-order valence-corrected chi connectivity index (χ4v) is 3.10. The van der Waals surface area contributed by atoms with Crippen molar-refractivity contribution >= 4 is 5.91 Å². The van der Waals surface area contributed by atoms with Crippen LogP contribution >= 0.6 is 0 Å². The van der Waals surface area contributed by atoms with Gasteiger partial charge in [-0.2, -0.15) is 5.10 Å². The number of rotatable bonds is 6. The normalized spacial score (nSPS) is 20.2. The number of amides is 1. The Morgan fingerprint density at radius 2 is 2.29 bits per heavy atom. The summed E-state index contributed by atoms with van der Waals surface area (Å²) >= 11 is 0.